The monoisotopic (exact) mass is 659 g/mol. The Morgan fingerprint density at radius 2 is 1.34 bits per heavy atom. The second-order valence-corrected chi connectivity index (χ2v) is 18.3. The molecule has 1 aliphatic rings. The maximum absolute atomic E-state index is 13.7. The van der Waals surface area contributed by atoms with E-state index < -0.39 is 42.3 Å². The van der Waals surface area contributed by atoms with Crippen LogP contribution in [0.4, 0.5) is 5.69 Å². The van der Waals surface area contributed by atoms with Gasteiger partial charge >= 0.3 is 8.80 Å². The first-order valence-electron chi connectivity index (χ1n) is 14.8. The van der Waals surface area contributed by atoms with Crippen LogP contribution in [0.5, 0.6) is 0 Å². The molecule has 2 amide bonds. The third kappa shape index (κ3) is 9.54. The van der Waals surface area contributed by atoms with Crippen LogP contribution in [0, 0.1) is 0 Å². The molecule has 44 heavy (non-hydrogen) atoms. The van der Waals surface area contributed by atoms with Crippen LogP contribution < -0.4 is 4.90 Å². The van der Waals surface area contributed by atoms with Gasteiger partial charge in [0.15, 0.2) is 5.78 Å². The Bertz CT molecular complexity index is 1320. The number of amides is 2. The van der Waals surface area contributed by atoms with E-state index in [2.05, 4.69) is 0 Å². The van der Waals surface area contributed by atoms with E-state index in [-0.39, 0.29) is 12.2 Å². The number of rotatable bonds is 11. The summed E-state index contributed by atoms with van der Waals surface area (Å²) in [4.78, 5) is 40.5. The van der Waals surface area contributed by atoms with Crippen LogP contribution in [-0.2, 0) is 18.0 Å². The lowest BCUT2D eigenvalue weighted by Crippen LogP contribution is -2.63. The van der Waals surface area contributed by atoms with Gasteiger partial charge in [-0.2, -0.15) is 0 Å². The van der Waals surface area contributed by atoms with E-state index in [0.29, 0.717) is 39.8 Å². The number of hydrogen-bond acceptors (Lipinski definition) is 9. The molecule has 0 N–H and O–H groups in total. The summed E-state index contributed by atoms with van der Waals surface area (Å²) >= 11 is 6.87. The highest BCUT2D eigenvalue weighted by molar-refractivity contribution is 8.23. The number of hydrogen-bond donors (Lipinski definition) is 0. The zero-order valence-corrected chi connectivity index (χ0v) is 30.1. The van der Waals surface area contributed by atoms with E-state index in [9.17, 15) is 14.4 Å². The van der Waals surface area contributed by atoms with Crippen molar-refractivity contribution in [1.82, 2.24) is 0 Å². The fourth-order valence-electron chi connectivity index (χ4n) is 4.76. The minimum atomic E-state index is -3.63. The Balaban J connectivity index is 1.96. The Morgan fingerprint density at radius 1 is 0.841 bits per heavy atom. The lowest BCUT2D eigenvalue weighted by molar-refractivity contribution is -0.0766. The van der Waals surface area contributed by atoms with Crippen LogP contribution in [-0.4, -0.2) is 59.1 Å². The number of thiocarbonyl (C=S) groups is 1. The molecule has 3 rings (SSSR count). The minimum Gasteiger partial charge on any atom is -0.479 e. The number of Topliss-reactive ketones (excluding diaryl/α,β-unsaturated/α-hetero) is 1. The molecule has 240 valence electrons. The summed E-state index contributed by atoms with van der Waals surface area (Å²) in [6.45, 7) is 19.8. The van der Waals surface area contributed by atoms with Crippen molar-refractivity contribution in [3.05, 3.63) is 65.2 Å². The van der Waals surface area contributed by atoms with Crippen molar-refractivity contribution in [3.63, 3.8) is 0 Å². The Morgan fingerprint density at radius 3 is 1.80 bits per heavy atom. The van der Waals surface area contributed by atoms with Crippen LogP contribution in [0.1, 0.15) is 113 Å². The van der Waals surface area contributed by atoms with Gasteiger partial charge in [-0.25, -0.2) is 4.90 Å². The fourth-order valence-corrected chi connectivity index (χ4v) is 11.1. The third-order valence-electron chi connectivity index (χ3n) is 6.09. The van der Waals surface area contributed by atoms with Gasteiger partial charge in [-0.15, -0.1) is 0 Å². The van der Waals surface area contributed by atoms with Crippen LogP contribution in [0.25, 0.3) is 0 Å². The molecule has 0 bridgehead atoms. The Hall–Kier alpha value is -2.41. The van der Waals surface area contributed by atoms with Crippen LogP contribution in [0.15, 0.2) is 48.5 Å². The number of imide groups is 1. The SMILES string of the molecule is CCOC(=S)SC(CCC(=O)c1cccc(N2C(=O)c3ccccc3C2=O)c1)[Si](OC(C)(C)C)(OC(C)(C)C)OC(C)(C)C. The van der Waals surface area contributed by atoms with Crippen molar-refractivity contribution in [3.8, 4) is 0 Å². The number of carbonyl (C=O) groups excluding carboxylic acids is 3. The van der Waals surface area contributed by atoms with Crippen LogP contribution in [0.2, 0.25) is 0 Å². The number of carbonyl (C=O) groups is 3. The smallest absolute Gasteiger partial charge is 0.479 e. The predicted molar refractivity (Wildman–Crippen MR) is 181 cm³/mol. The van der Waals surface area contributed by atoms with E-state index in [1.807, 2.05) is 69.2 Å². The van der Waals surface area contributed by atoms with Crippen LogP contribution >= 0.6 is 24.0 Å². The molecule has 1 unspecified atom stereocenters. The molecular weight excluding hydrogens is 615 g/mol. The van der Waals surface area contributed by atoms with Crippen molar-refractivity contribution in [2.45, 2.75) is 104 Å². The maximum atomic E-state index is 13.7. The molecule has 2 aromatic rings. The maximum Gasteiger partial charge on any atom is 0.516 e. The van der Waals surface area contributed by atoms with E-state index >= 15 is 0 Å². The third-order valence-corrected chi connectivity index (χ3v) is 12.3. The summed E-state index contributed by atoms with van der Waals surface area (Å²) in [5, 5.41) is 0. The number of anilines is 1. The highest BCUT2D eigenvalue weighted by Gasteiger charge is 2.57. The number of thioether (sulfide) groups is 1. The van der Waals surface area contributed by atoms with E-state index in [0.717, 1.165) is 4.90 Å². The average molecular weight is 660 g/mol. The van der Waals surface area contributed by atoms with Gasteiger partial charge in [-0.1, -0.05) is 36.0 Å². The number of fused-ring (bicyclic) bond motifs is 1. The molecule has 0 spiro atoms. The molecule has 1 heterocycles. The lowest BCUT2D eigenvalue weighted by atomic mass is 10.1. The zero-order valence-electron chi connectivity index (χ0n) is 27.4. The largest absolute Gasteiger partial charge is 0.516 e. The van der Waals surface area contributed by atoms with Crippen molar-refractivity contribution >= 4 is 60.5 Å². The van der Waals surface area contributed by atoms with E-state index in [1.165, 1.54) is 11.8 Å². The fraction of sp³-hybridized carbons (Fsp3) is 0.515. The molecular formula is C33H45NO7S2Si. The van der Waals surface area contributed by atoms with Gasteiger partial charge in [-0.3, -0.25) is 14.4 Å². The van der Waals surface area contributed by atoms with Crippen LogP contribution in [0.3, 0.4) is 0 Å². The normalized spacial score (nSPS) is 14.9. The molecule has 0 fully saturated rings. The summed E-state index contributed by atoms with van der Waals surface area (Å²) < 4.78 is 26.3. The average Bonchev–Trinajstić information content (AvgIpc) is 3.13. The van der Waals surface area contributed by atoms with Gasteiger partial charge in [0.2, 0.25) is 4.38 Å². The van der Waals surface area contributed by atoms with Crippen molar-refractivity contribution in [1.29, 1.82) is 0 Å². The van der Waals surface area contributed by atoms with Gasteiger partial charge in [-0.05, 0) is 112 Å². The second-order valence-electron chi connectivity index (χ2n) is 13.5. The summed E-state index contributed by atoms with van der Waals surface area (Å²) in [6.07, 6.45) is 0.434. The van der Waals surface area contributed by atoms with Gasteiger partial charge in [0.05, 0.1) is 45.1 Å². The summed E-state index contributed by atoms with van der Waals surface area (Å²) in [7, 11) is -3.63. The summed E-state index contributed by atoms with van der Waals surface area (Å²) in [5.41, 5.74) is -0.460. The van der Waals surface area contributed by atoms with Gasteiger partial charge in [0.25, 0.3) is 11.8 Å². The number of nitrogens with zero attached hydrogens (tertiary/aromatic N) is 1. The first kappa shape index (κ1) is 36.1. The molecule has 0 aromatic heterocycles. The van der Waals surface area contributed by atoms with E-state index in [1.54, 1.807) is 48.5 Å². The summed E-state index contributed by atoms with van der Waals surface area (Å²) in [6, 6.07) is 13.3. The first-order chi connectivity index (χ1) is 20.3. The molecule has 2 aromatic carbocycles. The van der Waals surface area contributed by atoms with Crippen molar-refractivity contribution in [2.24, 2.45) is 0 Å². The quantitative estimate of drug-likeness (QED) is 0.104. The highest BCUT2D eigenvalue weighted by Crippen LogP contribution is 2.39. The first-order valence-corrected chi connectivity index (χ1v) is 17.9. The molecule has 1 atom stereocenters. The second kappa shape index (κ2) is 13.9. The zero-order chi connectivity index (χ0) is 33.1. The van der Waals surface area contributed by atoms with Crippen molar-refractivity contribution in [2.75, 3.05) is 11.5 Å². The van der Waals surface area contributed by atoms with Gasteiger partial charge < -0.3 is 18.0 Å². The van der Waals surface area contributed by atoms with Gasteiger partial charge in [0.1, 0.15) is 0 Å². The molecule has 0 saturated heterocycles. The standard InChI is InChI=1S/C33H45NO7S2Si/c1-11-38-30(42)43-27(44(39-31(2,3)4,40-32(5,6)7)41-33(8,9)10)20-19-26(35)22-15-14-16-23(21-22)34-28(36)24-17-12-13-18-25(24)29(34)37/h12-18,21,27H,11,19-20H2,1-10H3. The molecule has 0 aliphatic carbocycles. The number of benzene rings is 2. The molecule has 1 aliphatic heterocycles. The summed E-state index contributed by atoms with van der Waals surface area (Å²) in [5.74, 6) is -0.990. The number of ketones is 1. The number of ether oxygens (including phenoxy) is 1. The molecule has 11 heteroatoms. The lowest BCUT2D eigenvalue weighted by Gasteiger charge is -2.46. The molecule has 8 nitrogen and oxygen atoms in total. The van der Waals surface area contributed by atoms with E-state index in [4.69, 9.17) is 30.2 Å². The van der Waals surface area contributed by atoms with Crippen molar-refractivity contribution < 1.29 is 32.4 Å². The molecule has 0 saturated carbocycles. The van der Waals surface area contributed by atoms with Gasteiger partial charge in [0, 0.05) is 12.0 Å². The topological polar surface area (TPSA) is 91.4 Å². The Labute approximate surface area is 272 Å². The highest BCUT2D eigenvalue weighted by atomic mass is 32.2. The minimum absolute atomic E-state index is 0.112. The molecule has 0 radical (unpaired) electrons. The predicted octanol–water partition coefficient (Wildman–Crippen LogP) is 7.80. The Kier molecular flexibility index (Phi) is 11.4.